The Morgan fingerprint density at radius 1 is 1.04 bits per heavy atom. The molecule has 0 heterocycles. The molecule has 0 bridgehead atoms. The van der Waals surface area contributed by atoms with Crippen LogP contribution in [0.25, 0.3) is 0 Å². The van der Waals surface area contributed by atoms with Crippen molar-refractivity contribution in [2.75, 3.05) is 20.7 Å². The molecule has 5 nitrogen and oxygen atoms in total. The molecule has 8 heteroatoms. The first-order valence-corrected chi connectivity index (χ1v) is 7.92. The summed E-state index contributed by atoms with van der Waals surface area (Å²) in [5.74, 6) is -0.232. The van der Waals surface area contributed by atoms with Gasteiger partial charge in [0.1, 0.15) is 12.9 Å². The number of aldehydes is 1. The molecular formula is C19H18F3NO4. The number of carbonyl (C=O) groups excluding carboxylic acids is 2. The Hall–Kier alpha value is -3.03. The third-order valence-corrected chi connectivity index (χ3v) is 3.50. The lowest BCUT2D eigenvalue weighted by molar-refractivity contribution is -0.153. The highest BCUT2D eigenvalue weighted by Crippen LogP contribution is 2.30. The Kier molecular flexibility index (Phi) is 6.44. The van der Waals surface area contributed by atoms with Gasteiger partial charge in [0.2, 0.25) is 0 Å². The molecule has 1 amide bonds. The van der Waals surface area contributed by atoms with Crippen LogP contribution in [0.4, 0.5) is 13.2 Å². The Balaban J connectivity index is 2.10. The molecular weight excluding hydrogens is 363 g/mol. The largest absolute Gasteiger partial charge is 0.485 e. The van der Waals surface area contributed by atoms with E-state index in [9.17, 15) is 22.8 Å². The van der Waals surface area contributed by atoms with Crippen molar-refractivity contribution in [1.29, 1.82) is 0 Å². The van der Waals surface area contributed by atoms with Gasteiger partial charge in [-0.2, -0.15) is 13.2 Å². The third-order valence-electron chi connectivity index (χ3n) is 3.50. The minimum atomic E-state index is -4.51. The van der Waals surface area contributed by atoms with Gasteiger partial charge < -0.3 is 14.4 Å². The van der Waals surface area contributed by atoms with Gasteiger partial charge in [0.15, 0.2) is 18.1 Å². The van der Waals surface area contributed by atoms with Crippen molar-refractivity contribution in [3.63, 3.8) is 0 Å². The predicted octanol–water partition coefficient (Wildman–Crippen LogP) is 3.72. The summed E-state index contributed by atoms with van der Waals surface area (Å²) in [5.41, 5.74) is 1.39. The Labute approximate surface area is 154 Å². The first kappa shape index (κ1) is 20.3. The maximum Gasteiger partial charge on any atom is 0.422 e. The number of hydrogen-bond donors (Lipinski definition) is 0. The summed E-state index contributed by atoms with van der Waals surface area (Å²) in [6, 6.07) is 10.6. The number of rotatable bonds is 7. The normalized spacial score (nSPS) is 11.0. The Morgan fingerprint density at radius 2 is 1.70 bits per heavy atom. The van der Waals surface area contributed by atoms with Crippen molar-refractivity contribution in [2.45, 2.75) is 12.8 Å². The topological polar surface area (TPSA) is 55.8 Å². The van der Waals surface area contributed by atoms with Crippen LogP contribution >= 0.6 is 0 Å². The van der Waals surface area contributed by atoms with Crippen molar-refractivity contribution < 1.29 is 32.2 Å². The second kappa shape index (κ2) is 8.57. The molecule has 0 spiro atoms. The average molecular weight is 381 g/mol. The molecule has 0 aliphatic heterocycles. The first-order chi connectivity index (χ1) is 12.7. The van der Waals surface area contributed by atoms with E-state index in [1.807, 2.05) is 0 Å². The molecule has 0 fully saturated rings. The molecule has 144 valence electrons. The molecule has 0 N–H and O–H groups in total. The lowest BCUT2D eigenvalue weighted by Gasteiger charge is -2.15. The zero-order valence-corrected chi connectivity index (χ0v) is 14.7. The second-order valence-electron chi connectivity index (χ2n) is 5.91. The fraction of sp³-hybridized carbons (Fsp3) is 0.263. The van der Waals surface area contributed by atoms with Crippen molar-refractivity contribution in [1.82, 2.24) is 4.90 Å². The van der Waals surface area contributed by atoms with Gasteiger partial charge >= 0.3 is 6.18 Å². The highest BCUT2D eigenvalue weighted by Gasteiger charge is 2.29. The van der Waals surface area contributed by atoms with Crippen LogP contribution in [0.5, 0.6) is 11.5 Å². The van der Waals surface area contributed by atoms with Crippen LogP contribution in [0.1, 0.15) is 26.3 Å². The minimum absolute atomic E-state index is 0.0548. The van der Waals surface area contributed by atoms with Crippen molar-refractivity contribution in [3.8, 4) is 11.5 Å². The van der Waals surface area contributed by atoms with E-state index in [0.29, 0.717) is 17.4 Å². The Bertz CT molecular complexity index is 802. The van der Waals surface area contributed by atoms with Crippen LogP contribution in [0.2, 0.25) is 0 Å². The van der Waals surface area contributed by atoms with E-state index in [2.05, 4.69) is 0 Å². The molecule has 2 rings (SSSR count). The molecule has 0 atom stereocenters. The summed E-state index contributed by atoms with van der Waals surface area (Å²) in [7, 11) is 3.29. The highest BCUT2D eigenvalue weighted by molar-refractivity contribution is 5.93. The van der Waals surface area contributed by atoms with Crippen LogP contribution in [0.3, 0.4) is 0 Å². The molecule has 0 saturated carbocycles. The summed E-state index contributed by atoms with van der Waals surface area (Å²) >= 11 is 0. The smallest absolute Gasteiger partial charge is 0.422 e. The zero-order chi connectivity index (χ0) is 20.0. The Morgan fingerprint density at radius 3 is 2.26 bits per heavy atom. The highest BCUT2D eigenvalue weighted by atomic mass is 19.4. The van der Waals surface area contributed by atoms with Crippen molar-refractivity contribution in [3.05, 3.63) is 59.2 Å². The fourth-order valence-electron chi connectivity index (χ4n) is 2.15. The number of halogens is 3. The van der Waals surface area contributed by atoms with E-state index in [0.717, 1.165) is 0 Å². The molecule has 0 aromatic heterocycles. The minimum Gasteiger partial charge on any atom is -0.485 e. The van der Waals surface area contributed by atoms with Crippen molar-refractivity contribution in [2.24, 2.45) is 0 Å². The fourth-order valence-corrected chi connectivity index (χ4v) is 2.15. The quantitative estimate of drug-likeness (QED) is 0.686. The van der Waals surface area contributed by atoms with Crippen LogP contribution in [0.15, 0.2) is 42.5 Å². The number of amides is 1. The second-order valence-corrected chi connectivity index (χ2v) is 5.91. The lowest BCUT2D eigenvalue weighted by atomic mass is 10.1. The van der Waals surface area contributed by atoms with Gasteiger partial charge in [0, 0.05) is 25.2 Å². The first-order valence-electron chi connectivity index (χ1n) is 7.92. The van der Waals surface area contributed by atoms with E-state index < -0.39 is 12.8 Å². The van der Waals surface area contributed by atoms with Crippen LogP contribution in [-0.4, -0.2) is 44.0 Å². The standard InChI is InChI=1S/C19H18F3NO4/c1-23(2)18(25)15-6-3-13(4-7-15)11-26-16-8-5-14(10-24)9-17(16)27-12-19(20,21)22/h3-10H,11-12H2,1-2H3. The number of benzene rings is 2. The van der Waals surface area contributed by atoms with E-state index in [-0.39, 0.29) is 29.6 Å². The van der Waals surface area contributed by atoms with Gasteiger partial charge in [-0.1, -0.05) is 12.1 Å². The third kappa shape index (κ3) is 6.02. The van der Waals surface area contributed by atoms with Crippen LogP contribution in [0, 0.1) is 0 Å². The number of hydrogen-bond acceptors (Lipinski definition) is 4. The van der Waals surface area contributed by atoms with Gasteiger partial charge in [-0.15, -0.1) is 0 Å². The van der Waals surface area contributed by atoms with E-state index in [1.54, 1.807) is 38.4 Å². The molecule has 0 aliphatic carbocycles. The molecule has 0 radical (unpaired) electrons. The lowest BCUT2D eigenvalue weighted by Crippen LogP contribution is -2.21. The van der Waals surface area contributed by atoms with E-state index in [1.165, 1.54) is 23.1 Å². The molecule has 0 unspecified atom stereocenters. The van der Waals surface area contributed by atoms with Gasteiger partial charge in [-0.25, -0.2) is 0 Å². The van der Waals surface area contributed by atoms with Gasteiger partial charge in [0.05, 0.1) is 0 Å². The van der Waals surface area contributed by atoms with Gasteiger partial charge in [0.25, 0.3) is 5.91 Å². The molecule has 27 heavy (non-hydrogen) atoms. The number of alkyl halides is 3. The monoisotopic (exact) mass is 381 g/mol. The van der Waals surface area contributed by atoms with Crippen molar-refractivity contribution >= 4 is 12.2 Å². The SMILES string of the molecule is CN(C)C(=O)c1ccc(COc2ccc(C=O)cc2OCC(F)(F)F)cc1. The molecule has 0 saturated heterocycles. The average Bonchev–Trinajstić information content (AvgIpc) is 2.64. The van der Waals surface area contributed by atoms with Crippen LogP contribution in [-0.2, 0) is 6.61 Å². The molecule has 2 aromatic rings. The maximum atomic E-state index is 12.4. The summed E-state index contributed by atoms with van der Waals surface area (Å²) < 4.78 is 47.5. The summed E-state index contributed by atoms with van der Waals surface area (Å²) in [5, 5.41) is 0. The van der Waals surface area contributed by atoms with E-state index >= 15 is 0 Å². The molecule has 0 aliphatic rings. The summed E-state index contributed by atoms with van der Waals surface area (Å²) in [4.78, 5) is 24.1. The number of nitrogens with zero attached hydrogens (tertiary/aromatic N) is 1. The summed E-state index contributed by atoms with van der Waals surface area (Å²) in [6.07, 6.45) is -4.01. The molecule has 2 aromatic carbocycles. The zero-order valence-electron chi connectivity index (χ0n) is 14.7. The van der Waals surface area contributed by atoms with Crippen LogP contribution < -0.4 is 9.47 Å². The van der Waals surface area contributed by atoms with Gasteiger partial charge in [-0.05, 0) is 35.9 Å². The number of ether oxygens (including phenoxy) is 2. The van der Waals surface area contributed by atoms with Gasteiger partial charge in [-0.3, -0.25) is 9.59 Å². The number of carbonyl (C=O) groups is 2. The maximum absolute atomic E-state index is 12.4. The van der Waals surface area contributed by atoms with E-state index in [4.69, 9.17) is 9.47 Å². The predicted molar refractivity (Wildman–Crippen MR) is 92.2 cm³/mol. The summed E-state index contributed by atoms with van der Waals surface area (Å²) in [6.45, 7) is -1.44.